The molecule has 4 N–H and O–H groups in total. The zero-order valence-corrected chi connectivity index (χ0v) is 30.8. The average molecular weight is 668 g/mol. The van der Waals surface area contributed by atoms with Crippen molar-refractivity contribution in [1.82, 2.24) is 4.90 Å². The Bertz CT molecular complexity index is 732. The fraction of sp³-hybridized carbons (Fsp3) is 0.925. The minimum absolute atomic E-state index is 0.0957. The Morgan fingerprint density at radius 2 is 0.957 bits per heavy atom. The van der Waals surface area contributed by atoms with Gasteiger partial charge in [0, 0.05) is 13.0 Å². The molecule has 47 heavy (non-hydrogen) atoms. The lowest BCUT2D eigenvalue weighted by atomic mass is 9.97. The zero-order valence-electron chi connectivity index (χ0n) is 30.8. The Kier molecular flexibility index (Phi) is 29.1. The van der Waals surface area contributed by atoms with Gasteiger partial charge in [-0.05, 0) is 38.5 Å². The number of nitrogens with zero attached hydrogens (tertiary/aromatic N) is 1. The van der Waals surface area contributed by atoms with E-state index in [1.165, 1.54) is 122 Å². The normalized spacial score (nSPS) is 21.5. The number of hydrogen-bond acceptors (Lipinski definition) is 6. The van der Waals surface area contributed by atoms with Crippen molar-refractivity contribution < 1.29 is 30.0 Å². The second-order valence-electron chi connectivity index (χ2n) is 14.2. The number of carbonyl (C=O) groups excluding carboxylic acids is 1. The third-order valence-corrected chi connectivity index (χ3v) is 9.90. The van der Waals surface area contributed by atoms with E-state index in [2.05, 4.69) is 26.0 Å². The van der Waals surface area contributed by atoms with Crippen molar-refractivity contribution >= 4 is 5.91 Å². The van der Waals surface area contributed by atoms with Gasteiger partial charge in [-0.25, -0.2) is 0 Å². The molecule has 7 nitrogen and oxygen atoms in total. The van der Waals surface area contributed by atoms with Crippen LogP contribution in [0.2, 0.25) is 0 Å². The highest BCUT2D eigenvalue weighted by Crippen LogP contribution is 2.25. The van der Waals surface area contributed by atoms with Gasteiger partial charge >= 0.3 is 0 Å². The number of allylic oxidation sites excluding steroid dienone is 2. The highest BCUT2D eigenvalue weighted by molar-refractivity contribution is 5.76. The van der Waals surface area contributed by atoms with Gasteiger partial charge in [0.25, 0.3) is 0 Å². The van der Waals surface area contributed by atoms with Crippen LogP contribution in [0.25, 0.3) is 0 Å². The number of unbranched alkanes of at least 4 members (excludes halogenated alkanes) is 24. The first-order valence-electron chi connectivity index (χ1n) is 20.2. The summed E-state index contributed by atoms with van der Waals surface area (Å²) in [6, 6.07) is 0. The number of rotatable bonds is 32. The highest BCUT2D eigenvalue weighted by Gasteiger charge is 2.46. The molecule has 1 rings (SSSR count). The second-order valence-corrected chi connectivity index (χ2v) is 14.2. The number of aliphatic hydroxyl groups is 4. The number of ether oxygens (including phenoxy) is 1. The minimum Gasteiger partial charge on any atom is -0.394 e. The van der Waals surface area contributed by atoms with Crippen molar-refractivity contribution in [2.75, 3.05) is 13.2 Å². The Morgan fingerprint density at radius 3 is 1.40 bits per heavy atom. The van der Waals surface area contributed by atoms with E-state index in [4.69, 9.17) is 4.74 Å². The van der Waals surface area contributed by atoms with Crippen LogP contribution in [0, 0.1) is 0 Å². The van der Waals surface area contributed by atoms with E-state index in [-0.39, 0.29) is 5.91 Å². The highest BCUT2D eigenvalue weighted by atomic mass is 16.6. The maximum Gasteiger partial charge on any atom is 0.224 e. The van der Waals surface area contributed by atoms with E-state index in [1.807, 2.05) is 0 Å². The molecule has 0 bridgehead atoms. The number of aliphatic hydroxyl groups excluding tert-OH is 4. The maximum absolute atomic E-state index is 13.4. The Labute approximate surface area is 289 Å². The van der Waals surface area contributed by atoms with Crippen LogP contribution >= 0.6 is 0 Å². The smallest absolute Gasteiger partial charge is 0.224 e. The summed E-state index contributed by atoms with van der Waals surface area (Å²) in [4.78, 5) is 14.9. The molecule has 0 aromatic heterocycles. The van der Waals surface area contributed by atoms with Crippen molar-refractivity contribution in [2.45, 2.75) is 224 Å². The van der Waals surface area contributed by atoms with Crippen LogP contribution in [0.4, 0.5) is 0 Å². The third kappa shape index (κ3) is 21.7. The first kappa shape index (κ1) is 44.0. The summed E-state index contributed by atoms with van der Waals surface area (Å²) in [7, 11) is 0. The zero-order chi connectivity index (χ0) is 34.4. The van der Waals surface area contributed by atoms with Crippen LogP contribution in [0.1, 0.15) is 194 Å². The van der Waals surface area contributed by atoms with Crippen LogP contribution in [0.3, 0.4) is 0 Å². The minimum atomic E-state index is -1.47. The molecule has 1 aliphatic heterocycles. The molecular formula is C40H77NO6. The number of hydrogen-bond donors (Lipinski definition) is 4. The molecule has 1 heterocycles. The monoisotopic (exact) mass is 668 g/mol. The molecule has 0 saturated carbocycles. The van der Waals surface area contributed by atoms with Gasteiger partial charge in [-0.2, -0.15) is 0 Å². The summed E-state index contributed by atoms with van der Waals surface area (Å²) in [6.45, 7) is 4.46. The van der Waals surface area contributed by atoms with E-state index >= 15 is 0 Å². The van der Waals surface area contributed by atoms with E-state index in [1.54, 1.807) is 4.90 Å². The van der Waals surface area contributed by atoms with E-state index in [0.29, 0.717) is 13.0 Å². The predicted molar refractivity (Wildman–Crippen MR) is 195 cm³/mol. The van der Waals surface area contributed by atoms with Crippen molar-refractivity contribution in [3.05, 3.63) is 12.2 Å². The van der Waals surface area contributed by atoms with E-state index < -0.39 is 37.3 Å². The summed E-state index contributed by atoms with van der Waals surface area (Å²) < 4.78 is 5.80. The van der Waals surface area contributed by atoms with Crippen LogP contribution in [0.15, 0.2) is 12.2 Å². The summed E-state index contributed by atoms with van der Waals surface area (Å²) in [6.07, 6.45) is 31.7. The van der Waals surface area contributed by atoms with Crippen LogP contribution in [-0.2, 0) is 9.53 Å². The largest absolute Gasteiger partial charge is 0.394 e. The van der Waals surface area contributed by atoms with Crippen molar-refractivity contribution in [2.24, 2.45) is 0 Å². The quantitative estimate of drug-likeness (QED) is 0.0421. The molecular weight excluding hydrogens is 590 g/mol. The van der Waals surface area contributed by atoms with Crippen molar-refractivity contribution in [3.8, 4) is 0 Å². The van der Waals surface area contributed by atoms with Crippen molar-refractivity contribution in [3.63, 3.8) is 0 Å². The van der Waals surface area contributed by atoms with Gasteiger partial charge in [-0.3, -0.25) is 4.79 Å². The number of carbonyl (C=O) groups is 1. The topological polar surface area (TPSA) is 110 Å². The van der Waals surface area contributed by atoms with E-state index in [0.717, 1.165) is 51.4 Å². The Hall–Kier alpha value is -0.990. The van der Waals surface area contributed by atoms with Gasteiger partial charge in [0.1, 0.15) is 24.4 Å². The molecule has 0 aromatic carbocycles. The fourth-order valence-electron chi connectivity index (χ4n) is 6.70. The fourth-order valence-corrected chi connectivity index (χ4v) is 6.70. The molecule has 5 atom stereocenters. The number of amides is 1. The van der Waals surface area contributed by atoms with E-state index in [9.17, 15) is 25.2 Å². The van der Waals surface area contributed by atoms with Crippen LogP contribution < -0.4 is 0 Å². The molecule has 0 spiro atoms. The molecule has 1 fully saturated rings. The second kappa shape index (κ2) is 31.0. The third-order valence-electron chi connectivity index (χ3n) is 9.90. The molecule has 0 aromatic rings. The molecule has 1 amide bonds. The predicted octanol–water partition coefficient (Wildman–Crippen LogP) is 9.13. The Morgan fingerprint density at radius 1 is 0.553 bits per heavy atom. The molecule has 278 valence electrons. The van der Waals surface area contributed by atoms with Crippen molar-refractivity contribution in [1.29, 1.82) is 0 Å². The SMILES string of the molecule is CCCCCCCCC=CCCCCCCCC(=O)N(CCCCCCCCCCCCCCCC)C1O[C@H](CO)[C@@H](O)[C@H](O)[C@H]1O. The Balaban J connectivity index is 2.33. The maximum atomic E-state index is 13.4. The summed E-state index contributed by atoms with van der Waals surface area (Å²) in [5.74, 6) is -0.0957. The van der Waals surface area contributed by atoms with Gasteiger partial charge in [-0.15, -0.1) is 0 Å². The average Bonchev–Trinajstić information content (AvgIpc) is 3.07. The lowest BCUT2D eigenvalue weighted by molar-refractivity contribution is -0.262. The standard InChI is InChI=1S/C40H77NO6/c1-3-5-7-9-11-13-15-17-19-20-22-24-26-28-30-32-36(43)41(40-39(46)38(45)37(44)35(34-42)47-40)33-31-29-27-25-23-21-18-16-14-12-10-8-6-4-2/h17,19,35,37-40,42,44-46H,3-16,18,20-34H2,1-2H3/t35-,37-,38+,39-,40?/m1/s1. The molecule has 7 heteroatoms. The molecule has 0 radical (unpaired) electrons. The van der Waals surface area contributed by atoms with Gasteiger partial charge in [0.15, 0.2) is 6.23 Å². The molecule has 1 aliphatic rings. The summed E-state index contributed by atoms with van der Waals surface area (Å²) >= 11 is 0. The van der Waals surface area contributed by atoms with Crippen LogP contribution in [0.5, 0.6) is 0 Å². The summed E-state index contributed by atoms with van der Waals surface area (Å²) in [5, 5.41) is 41.1. The molecule has 0 aliphatic carbocycles. The van der Waals surface area contributed by atoms with Crippen LogP contribution in [-0.4, -0.2) is 75.0 Å². The first-order valence-corrected chi connectivity index (χ1v) is 20.2. The first-order chi connectivity index (χ1) is 23.0. The summed E-state index contributed by atoms with van der Waals surface area (Å²) in [5.41, 5.74) is 0. The molecule has 1 unspecified atom stereocenters. The van der Waals surface area contributed by atoms with Gasteiger partial charge in [-0.1, -0.05) is 161 Å². The van der Waals surface area contributed by atoms with Gasteiger partial charge < -0.3 is 30.1 Å². The lowest BCUT2D eigenvalue weighted by Crippen LogP contribution is -2.64. The van der Waals surface area contributed by atoms with Gasteiger partial charge in [0.05, 0.1) is 6.61 Å². The van der Waals surface area contributed by atoms with Gasteiger partial charge in [0.2, 0.25) is 5.91 Å². The lowest BCUT2D eigenvalue weighted by Gasteiger charge is -2.44. The molecule has 1 saturated heterocycles.